The third kappa shape index (κ3) is 3.66. The number of benzene rings is 3. The van der Waals surface area contributed by atoms with Crippen LogP contribution in [0.25, 0.3) is 53.6 Å². The predicted octanol–water partition coefficient (Wildman–Crippen LogP) is 8.19. The highest BCUT2D eigenvalue weighted by Gasteiger charge is 2.26. The highest BCUT2D eigenvalue weighted by Crippen LogP contribution is 2.48. The van der Waals surface area contributed by atoms with E-state index in [1.807, 2.05) is 0 Å². The molecule has 0 radical (unpaired) electrons. The van der Waals surface area contributed by atoms with Crippen LogP contribution in [0.4, 0.5) is 0 Å². The van der Waals surface area contributed by atoms with E-state index < -0.39 is 0 Å². The number of rotatable bonds is 2. The van der Waals surface area contributed by atoms with Crippen molar-refractivity contribution in [2.24, 2.45) is 0 Å². The van der Waals surface area contributed by atoms with Crippen LogP contribution in [-0.4, -0.2) is 0 Å². The van der Waals surface area contributed by atoms with Crippen molar-refractivity contribution >= 4 is 54.0 Å². The molecule has 0 aliphatic carbocycles. The fourth-order valence-electron chi connectivity index (χ4n) is 4.83. The Morgan fingerprint density at radius 1 is 0.583 bits per heavy atom. The lowest BCUT2D eigenvalue weighted by Crippen LogP contribution is -2.00. The number of hydrogen-bond acceptors (Lipinski definition) is 4. The van der Waals surface area contributed by atoms with Gasteiger partial charge in [0, 0.05) is 40.4 Å². The summed E-state index contributed by atoms with van der Waals surface area (Å²) < 4.78 is 4.18. The number of hydrogen-bond donors (Lipinski definition) is 0. The van der Waals surface area contributed by atoms with Crippen LogP contribution in [0, 0.1) is 36.5 Å². The van der Waals surface area contributed by atoms with Crippen molar-refractivity contribution in [2.45, 2.75) is 41.5 Å². The van der Waals surface area contributed by atoms with E-state index >= 15 is 0 Å². The van der Waals surface area contributed by atoms with Gasteiger partial charge in [-0.25, -0.2) is 0 Å². The third-order valence-corrected chi connectivity index (χ3v) is 9.44. The molecule has 176 valence electrons. The molecule has 0 saturated carbocycles. The molecule has 4 heteroatoms. The van der Waals surface area contributed by atoms with Gasteiger partial charge in [-0.3, -0.25) is 0 Å². The van der Waals surface area contributed by atoms with Crippen molar-refractivity contribution in [3.8, 4) is 34.4 Å². The van der Waals surface area contributed by atoms with Crippen LogP contribution in [-0.2, 0) is 0 Å². The first-order chi connectivity index (χ1) is 17.3. The van der Waals surface area contributed by atoms with Crippen LogP contribution in [0.3, 0.4) is 0 Å². The molecule has 0 bridgehead atoms. The second-order valence-electron chi connectivity index (χ2n) is 9.73. The van der Waals surface area contributed by atoms with E-state index in [2.05, 4.69) is 102 Å². The van der Waals surface area contributed by atoms with Crippen molar-refractivity contribution in [2.75, 3.05) is 0 Å². The summed E-state index contributed by atoms with van der Waals surface area (Å²) in [7, 11) is 0. The maximum atomic E-state index is 10.4. The molecule has 0 saturated heterocycles. The van der Waals surface area contributed by atoms with Crippen LogP contribution < -0.4 is 9.06 Å². The molecule has 3 aromatic carbocycles. The highest BCUT2D eigenvalue weighted by atomic mass is 32.1. The Morgan fingerprint density at radius 3 is 1.19 bits per heavy atom. The Kier molecular flexibility index (Phi) is 6.05. The predicted molar refractivity (Wildman–Crippen MR) is 156 cm³/mol. The molecule has 2 aromatic heterocycles. The maximum Gasteiger partial charge on any atom is 0.101 e. The summed E-state index contributed by atoms with van der Waals surface area (Å²) in [5, 5.41) is 22.8. The maximum absolute atomic E-state index is 10.4. The van der Waals surface area contributed by atoms with Crippen molar-refractivity contribution in [1.29, 1.82) is 10.5 Å². The lowest BCUT2D eigenvalue weighted by Gasteiger charge is -2.13. The normalized spacial score (nSPS) is 11.0. The molecule has 5 aromatic rings. The Bertz CT molecular complexity index is 1730. The molecule has 0 atom stereocenters. The van der Waals surface area contributed by atoms with Gasteiger partial charge in [-0.2, -0.15) is 10.5 Å². The minimum absolute atomic E-state index is 0.728. The molecular formula is C32H26N2S2. The fraction of sp³-hybridized carbons (Fsp3) is 0.188. The second-order valence-corrected chi connectivity index (χ2v) is 11.8. The summed E-state index contributed by atoms with van der Waals surface area (Å²) in [6.07, 6.45) is 0. The van der Waals surface area contributed by atoms with Crippen LogP contribution in [0.2, 0.25) is 0 Å². The van der Waals surface area contributed by atoms with E-state index in [-0.39, 0.29) is 0 Å². The van der Waals surface area contributed by atoms with Gasteiger partial charge in [0.25, 0.3) is 0 Å². The lowest BCUT2D eigenvalue weighted by atomic mass is 9.90. The van der Waals surface area contributed by atoms with E-state index in [9.17, 15) is 10.5 Å². The zero-order valence-corrected chi connectivity index (χ0v) is 23.0. The van der Waals surface area contributed by atoms with Crippen molar-refractivity contribution < 1.29 is 0 Å². The first kappa shape index (κ1) is 24.0. The zero-order chi connectivity index (χ0) is 25.7. The number of thiophene rings is 2. The lowest BCUT2D eigenvalue weighted by molar-refractivity contribution is 1.47. The first-order valence-corrected chi connectivity index (χ1v) is 13.5. The molecule has 0 fully saturated rings. The van der Waals surface area contributed by atoms with E-state index in [0.717, 1.165) is 73.8 Å². The van der Waals surface area contributed by atoms with E-state index in [4.69, 9.17) is 0 Å². The van der Waals surface area contributed by atoms with Crippen molar-refractivity contribution in [1.82, 2.24) is 0 Å². The van der Waals surface area contributed by atoms with Crippen molar-refractivity contribution in [3.05, 3.63) is 79.8 Å². The Hall–Kier alpha value is -3.70. The van der Waals surface area contributed by atoms with Gasteiger partial charge in [0.2, 0.25) is 0 Å². The minimum Gasteiger partial charge on any atom is -0.192 e. The van der Waals surface area contributed by atoms with Crippen LogP contribution in [0.15, 0.2) is 48.5 Å². The number of nitrogens with zero attached hydrogens (tertiary/aromatic N) is 2. The SMILES string of the molecule is CC(C)=c1sc2c(-c3ccc(C)cc3)c3c(C#N)c(=C(C)C)sc3c(-c3ccc(C)cc3)c2c1C#N. The molecular weight excluding hydrogens is 477 g/mol. The van der Waals surface area contributed by atoms with Gasteiger partial charge in [0.05, 0.1) is 11.1 Å². The van der Waals surface area contributed by atoms with E-state index in [1.54, 1.807) is 22.7 Å². The molecule has 0 aliphatic heterocycles. The summed E-state index contributed by atoms with van der Waals surface area (Å²) in [6, 6.07) is 22.2. The Balaban J connectivity index is 2.19. The van der Waals surface area contributed by atoms with Crippen molar-refractivity contribution in [3.63, 3.8) is 0 Å². The summed E-state index contributed by atoms with van der Waals surface area (Å²) in [6.45, 7) is 12.4. The molecule has 0 N–H and O–H groups in total. The number of fused-ring (bicyclic) bond motifs is 2. The summed E-state index contributed by atoms with van der Waals surface area (Å²) in [5.74, 6) is 0. The second kappa shape index (κ2) is 9.07. The summed E-state index contributed by atoms with van der Waals surface area (Å²) in [4.78, 5) is 0. The fourth-order valence-corrected chi connectivity index (χ4v) is 7.40. The largest absolute Gasteiger partial charge is 0.192 e. The average Bonchev–Trinajstić information content (AvgIpc) is 3.43. The standard InChI is InChI=1S/C32H26N2S2/c1-17(2)29-23(15-33)27-25(21-11-7-19(5)8-12-21)32-28(24(16-34)30(36-32)18(3)4)26(31(27)35-29)22-13-9-20(6)10-14-22/h7-14H,1-6H3. The number of nitriles is 2. The molecule has 2 heterocycles. The summed E-state index contributed by atoms with van der Waals surface area (Å²) >= 11 is 3.35. The van der Waals surface area contributed by atoms with Crippen LogP contribution >= 0.6 is 22.7 Å². The van der Waals surface area contributed by atoms with Gasteiger partial charge in [0.1, 0.15) is 12.1 Å². The Labute approximate surface area is 219 Å². The molecule has 2 nitrogen and oxygen atoms in total. The van der Waals surface area contributed by atoms with Crippen LogP contribution in [0.1, 0.15) is 49.9 Å². The average molecular weight is 503 g/mol. The van der Waals surface area contributed by atoms with Gasteiger partial charge >= 0.3 is 0 Å². The quantitative estimate of drug-likeness (QED) is 0.244. The molecule has 0 unspecified atom stereocenters. The van der Waals surface area contributed by atoms with E-state index in [1.165, 1.54) is 11.1 Å². The molecule has 0 amide bonds. The van der Waals surface area contributed by atoms with Gasteiger partial charge < -0.3 is 0 Å². The Morgan fingerprint density at radius 2 is 0.917 bits per heavy atom. The molecule has 0 aliphatic rings. The first-order valence-electron chi connectivity index (χ1n) is 11.9. The topological polar surface area (TPSA) is 47.6 Å². The van der Waals surface area contributed by atoms with Gasteiger partial charge in [-0.05, 0) is 52.7 Å². The molecule has 36 heavy (non-hydrogen) atoms. The molecule has 0 spiro atoms. The smallest absolute Gasteiger partial charge is 0.101 e. The molecule has 5 rings (SSSR count). The van der Waals surface area contributed by atoms with Gasteiger partial charge in [-0.1, -0.05) is 70.8 Å². The van der Waals surface area contributed by atoms with Gasteiger partial charge in [0.15, 0.2) is 0 Å². The minimum atomic E-state index is 0.728. The van der Waals surface area contributed by atoms with E-state index in [0.29, 0.717) is 0 Å². The zero-order valence-electron chi connectivity index (χ0n) is 21.3. The summed E-state index contributed by atoms with van der Waals surface area (Å²) in [5.41, 5.74) is 10.4. The third-order valence-electron chi connectivity index (χ3n) is 6.58. The van der Waals surface area contributed by atoms with Gasteiger partial charge in [-0.15, -0.1) is 22.7 Å². The monoisotopic (exact) mass is 502 g/mol. The van der Waals surface area contributed by atoms with Crippen LogP contribution in [0.5, 0.6) is 0 Å². The number of aryl methyl sites for hydroxylation is 2. The highest BCUT2D eigenvalue weighted by molar-refractivity contribution is 7.20.